The van der Waals surface area contributed by atoms with Crippen LogP contribution in [0.15, 0.2) is 12.4 Å². The molecule has 0 aromatic carbocycles. The third-order valence-corrected chi connectivity index (χ3v) is 4.55. The van der Waals surface area contributed by atoms with Crippen LogP contribution in [0.3, 0.4) is 0 Å². The topological polar surface area (TPSA) is 16.1 Å². The highest BCUT2D eigenvalue weighted by molar-refractivity contribution is 14.1. The molecule has 1 atom stereocenters. The first kappa shape index (κ1) is 10.6. The van der Waals surface area contributed by atoms with Crippen molar-refractivity contribution in [1.82, 2.24) is 9.88 Å². The molecule has 0 amide bonds. The Kier molecular flexibility index (Phi) is 3.29. The quantitative estimate of drug-likeness (QED) is 0.739. The zero-order valence-electron chi connectivity index (χ0n) is 8.00. The summed E-state index contributed by atoms with van der Waals surface area (Å²) in [5, 5.41) is 0.767. The van der Waals surface area contributed by atoms with Crippen molar-refractivity contribution in [3.63, 3.8) is 0 Å². The summed E-state index contributed by atoms with van der Waals surface area (Å²) in [6, 6.07) is 0.507. The maximum absolute atomic E-state index is 6.05. The van der Waals surface area contributed by atoms with E-state index in [4.69, 9.17) is 11.6 Å². The van der Waals surface area contributed by atoms with Crippen molar-refractivity contribution in [3.05, 3.63) is 26.5 Å². The molecule has 76 valence electrons. The third kappa shape index (κ3) is 1.90. The highest BCUT2D eigenvalue weighted by Crippen LogP contribution is 2.34. The second kappa shape index (κ2) is 4.33. The molecule has 0 bridgehead atoms. The standard InChI is InChI=1S/C10H12ClIN2/c1-14-4-2-3-9(14)7-5-13-6-8(11)10(7)12/h5-6,9H,2-4H2,1H3/t9-/m0/s1. The molecular formula is C10H12ClIN2. The van der Waals surface area contributed by atoms with Crippen LogP contribution in [0.1, 0.15) is 24.4 Å². The normalized spacial score (nSPS) is 22.9. The van der Waals surface area contributed by atoms with E-state index in [1.165, 1.54) is 24.9 Å². The van der Waals surface area contributed by atoms with E-state index in [1.807, 2.05) is 6.20 Å². The van der Waals surface area contributed by atoms with Crippen LogP contribution in [-0.4, -0.2) is 23.5 Å². The Morgan fingerprint density at radius 3 is 3.00 bits per heavy atom. The Hall–Kier alpha value is 0.130. The van der Waals surface area contributed by atoms with Gasteiger partial charge in [-0.2, -0.15) is 0 Å². The lowest BCUT2D eigenvalue weighted by Gasteiger charge is -2.20. The molecule has 2 rings (SSSR count). The summed E-state index contributed by atoms with van der Waals surface area (Å²) < 4.78 is 1.15. The van der Waals surface area contributed by atoms with Crippen molar-refractivity contribution in [2.24, 2.45) is 0 Å². The predicted molar refractivity (Wildman–Crippen MR) is 66.6 cm³/mol. The minimum Gasteiger partial charge on any atom is -0.299 e. The van der Waals surface area contributed by atoms with Crippen molar-refractivity contribution in [2.45, 2.75) is 18.9 Å². The maximum Gasteiger partial charge on any atom is 0.0726 e. The van der Waals surface area contributed by atoms with E-state index in [9.17, 15) is 0 Å². The van der Waals surface area contributed by atoms with Crippen molar-refractivity contribution >= 4 is 34.2 Å². The molecule has 14 heavy (non-hydrogen) atoms. The summed E-state index contributed by atoms with van der Waals surface area (Å²) in [4.78, 5) is 6.53. The largest absolute Gasteiger partial charge is 0.299 e. The molecule has 1 saturated heterocycles. The molecule has 0 spiro atoms. The molecule has 1 aromatic heterocycles. The second-order valence-electron chi connectivity index (χ2n) is 3.66. The zero-order chi connectivity index (χ0) is 10.1. The van der Waals surface area contributed by atoms with E-state index in [0.717, 1.165) is 8.59 Å². The fourth-order valence-corrected chi connectivity index (χ4v) is 2.77. The van der Waals surface area contributed by atoms with Crippen molar-refractivity contribution < 1.29 is 0 Å². The lowest BCUT2D eigenvalue weighted by atomic mass is 10.1. The van der Waals surface area contributed by atoms with E-state index < -0.39 is 0 Å². The Morgan fingerprint density at radius 2 is 2.36 bits per heavy atom. The first-order valence-electron chi connectivity index (χ1n) is 4.69. The number of aromatic nitrogens is 1. The average Bonchev–Trinajstić information content (AvgIpc) is 2.57. The molecule has 2 heterocycles. The van der Waals surface area contributed by atoms with E-state index in [2.05, 4.69) is 39.5 Å². The molecule has 0 unspecified atom stereocenters. The van der Waals surface area contributed by atoms with Gasteiger partial charge < -0.3 is 0 Å². The summed E-state index contributed by atoms with van der Waals surface area (Å²) in [7, 11) is 2.16. The van der Waals surface area contributed by atoms with Crippen LogP contribution >= 0.6 is 34.2 Å². The summed E-state index contributed by atoms with van der Waals surface area (Å²) in [6.07, 6.45) is 6.14. The molecule has 0 radical (unpaired) electrons. The van der Waals surface area contributed by atoms with Gasteiger partial charge in [0, 0.05) is 27.6 Å². The van der Waals surface area contributed by atoms with Gasteiger partial charge in [-0.05, 0) is 49.0 Å². The van der Waals surface area contributed by atoms with Gasteiger partial charge in [-0.1, -0.05) is 11.6 Å². The first-order valence-corrected chi connectivity index (χ1v) is 6.15. The van der Waals surface area contributed by atoms with Gasteiger partial charge in [0.2, 0.25) is 0 Å². The van der Waals surface area contributed by atoms with E-state index in [0.29, 0.717) is 6.04 Å². The fourth-order valence-electron chi connectivity index (χ4n) is 1.97. The first-order chi connectivity index (χ1) is 6.70. The maximum atomic E-state index is 6.05. The molecule has 0 N–H and O–H groups in total. The molecule has 4 heteroatoms. The summed E-state index contributed by atoms with van der Waals surface area (Å²) in [5.74, 6) is 0. The van der Waals surface area contributed by atoms with Gasteiger partial charge in [0.1, 0.15) is 0 Å². The monoisotopic (exact) mass is 322 g/mol. The Bertz CT molecular complexity index is 343. The van der Waals surface area contributed by atoms with Gasteiger partial charge in [-0.3, -0.25) is 9.88 Å². The minimum absolute atomic E-state index is 0.507. The number of nitrogens with zero attached hydrogens (tertiary/aromatic N) is 2. The zero-order valence-corrected chi connectivity index (χ0v) is 10.9. The molecule has 1 aromatic rings. The molecule has 0 saturated carbocycles. The number of hydrogen-bond donors (Lipinski definition) is 0. The number of pyridine rings is 1. The van der Waals surface area contributed by atoms with E-state index >= 15 is 0 Å². The van der Waals surface area contributed by atoms with Crippen LogP contribution in [0.4, 0.5) is 0 Å². The third-order valence-electron chi connectivity index (χ3n) is 2.74. The molecular weight excluding hydrogens is 310 g/mol. The van der Waals surface area contributed by atoms with Crippen LogP contribution in [0.2, 0.25) is 5.02 Å². The number of likely N-dealkylation sites (tertiary alicyclic amines) is 1. The molecule has 2 nitrogen and oxygen atoms in total. The highest BCUT2D eigenvalue weighted by atomic mass is 127. The van der Waals surface area contributed by atoms with Crippen LogP contribution in [0.25, 0.3) is 0 Å². The molecule has 1 aliphatic rings. The summed E-state index contributed by atoms with van der Waals surface area (Å²) >= 11 is 8.36. The molecule has 1 fully saturated rings. The van der Waals surface area contributed by atoms with Crippen molar-refractivity contribution in [2.75, 3.05) is 13.6 Å². The highest BCUT2D eigenvalue weighted by Gasteiger charge is 2.25. The van der Waals surface area contributed by atoms with Gasteiger partial charge in [-0.15, -0.1) is 0 Å². The van der Waals surface area contributed by atoms with Gasteiger partial charge >= 0.3 is 0 Å². The van der Waals surface area contributed by atoms with E-state index in [-0.39, 0.29) is 0 Å². The Labute approximate surface area is 103 Å². The number of hydrogen-bond acceptors (Lipinski definition) is 2. The van der Waals surface area contributed by atoms with Crippen LogP contribution < -0.4 is 0 Å². The lowest BCUT2D eigenvalue weighted by Crippen LogP contribution is -2.18. The Balaban J connectivity index is 2.36. The smallest absolute Gasteiger partial charge is 0.0726 e. The van der Waals surface area contributed by atoms with Gasteiger partial charge in [-0.25, -0.2) is 0 Å². The fraction of sp³-hybridized carbons (Fsp3) is 0.500. The average molecular weight is 323 g/mol. The summed E-state index contributed by atoms with van der Waals surface area (Å²) in [5.41, 5.74) is 1.28. The lowest BCUT2D eigenvalue weighted by molar-refractivity contribution is 0.316. The Morgan fingerprint density at radius 1 is 1.57 bits per heavy atom. The van der Waals surface area contributed by atoms with Gasteiger partial charge in [0.05, 0.1) is 5.02 Å². The molecule has 0 aliphatic carbocycles. The van der Waals surface area contributed by atoms with Gasteiger partial charge in [0.25, 0.3) is 0 Å². The minimum atomic E-state index is 0.507. The second-order valence-corrected chi connectivity index (χ2v) is 5.15. The predicted octanol–water partition coefficient (Wildman–Crippen LogP) is 3.11. The van der Waals surface area contributed by atoms with Crippen molar-refractivity contribution in [3.8, 4) is 0 Å². The van der Waals surface area contributed by atoms with Crippen LogP contribution in [0, 0.1) is 3.57 Å². The van der Waals surface area contributed by atoms with E-state index in [1.54, 1.807) is 6.20 Å². The summed E-state index contributed by atoms with van der Waals surface area (Å²) in [6.45, 7) is 1.17. The van der Waals surface area contributed by atoms with Crippen LogP contribution in [-0.2, 0) is 0 Å². The van der Waals surface area contributed by atoms with Crippen molar-refractivity contribution in [1.29, 1.82) is 0 Å². The number of rotatable bonds is 1. The van der Waals surface area contributed by atoms with Gasteiger partial charge in [0.15, 0.2) is 0 Å². The van der Waals surface area contributed by atoms with Crippen LogP contribution in [0.5, 0.6) is 0 Å². The molecule has 1 aliphatic heterocycles. The number of halogens is 2. The SMILES string of the molecule is CN1CCC[C@H]1c1cncc(Cl)c1I.